The van der Waals surface area contributed by atoms with E-state index in [0.29, 0.717) is 13.2 Å². The Bertz CT molecular complexity index is 531. The van der Waals surface area contributed by atoms with Crippen molar-refractivity contribution in [3.63, 3.8) is 0 Å². The van der Waals surface area contributed by atoms with Gasteiger partial charge in [-0.3, -0.25) is 0 Å². The van der Waals surface area contributed by atoms with Crippen LogP contribution in [0.5, 0.6) is 0 Å². The van der Waals surface area contributed by atoms with E-state index >= 15 is 0 Å². The van der Waals surface area contributed by atoms with Gasteiger partial charge in [-0.15, -0.1) is 0 Å². The van der Waals surface area contributed by atoms with Gasteiger partial charge in [0.25, 0.3) is 0 Å². The van der Waals surface area contributed by atoms with Crippen molar-refractivity contribution in [3.05, 3.63) is 29.8 Å². The molecule has 1 aromatic carbocycles. The molecule has 1 unspecified atom stereocenters. The molecular formula is C11H13NO5S. The number of carboxylic acid groups (broad SMARTS) is 1. The monoisotopic (exact) mass is 271 g/mol. The molecule has 1 heterocycles. The Morgan fingerprint density at radius 2 is 2.00 bits per heavy atom. The number of ether oxygens (including phenoxy) is 1. The van der Waals surface area contributed by atoms with Gasteiger partial charge in [-0.25, -0.2) is 13.2 Å². The fraction of sp³-hybridized carbons (Fsp3) is 0.364. The number of morpholine rings is 1. The van der Waals surface area contributed by atoms with E-state index < -0.39 is 21.2 Å². The highest BCUT2D eigenvalue weighted by Crippen LogP contribution is 2.18. The van der Waals surface area contributed by atoms with Crippen molar-refractivity contribution in [2.24, 2.45) is 0 Å². The molecule has 0 spiro atoms. The average Bonchev–Trinajstić information content (AvgIpc) is 2.40. The third kappa shape index (κ3) is 2.53. The number of benzene rings is 1. The Morgan fingerprint density at radius 3 is 2.50 bits per heavy atom. The number of carbonyl (C=O) groups is 1. The SMILES string of the molecule is O=C(O)c1ccc(S(=O)(=O)C2CNCCO2)cc1. The third-order valence-corrected chi connectivity index (χ3v) is 4.59. The standard InChI is InChI=1S/C11H13NO5S/c13-11(14)8-1-3-9(4-2-8)18(15,16)10-7-12-5-6-17-10/h1-4,10,12H,5-7H2,(H,13,14). The second kappa shape index (κ2) is 5.05. The number of sulfone groups is 1. The molecule has 98 valence electrons. The van der Waals surface area contributed by atoms with Crippen LogP contribution < -0.4 is 5.32 Å². The molecule has 1 fully saturated rings. The lowest BCUT2D eigenvalue weighted by molar-refractivity contribution is 0.0696. The number of aromatic carboxylic acids is 1. The summed E-state index contributed by atoms with van der Waals surface area (Å²) in [5.74, 6) is -1.09. The van der Waals surface area contributed by atoms with Gasteiger partial charge >= 0.3 is 5.97 Å². The highest BCUT2D eigenvalue weighted by atomic mass is 32.2. The summed E-state index contributed by atoms with van der Waals surface area (Å²) in [5, 5.41) is 11.7. The molecule has 1 aliphatic rings. The first-order valence-corrected chi connectivity index (χ1v) is 6.96. The van der Waals surface area contributed by atoms with Crippen molar-refractivity contribution in [2.45, 2.75) is 10.3 Å². The van der Waals surface area contributed by atoms with E-state index in [-0.39, 0.29) is 17.0 Å². The molecule has 1 aromatic rings. The molecule has 0 saturated carbocycles. The second-order valence-corrected chi connectivity index (χ2v) is 5.97. The van der Waals surface area contributed by atoms with Crippen LogP contribution in [-0.2, 0) is 14.6 Å². The summed E-state index contributed by atoms with van der Waals surface area (Å²) in [4.78, 5) is 10.7. The van der Waals surface area contributed by atoms with Gasteiger partial charge in [0.1, 0.15) is 0 Å². The van der Waals surface area contributed by atoms with Gasteiger partial charge in [-0.2, -0.15) is 0 Å². The van der Waals surface area contributed by atoms with Crippen LogP contribution in [0.2, 0.25) is 0 Å². The second-order valence-electron chi connectivity index (χ2n) is 3.88. The third-order valence-electron chi connectivity index (χ3n) is 2.67. The van der Waals surface area contributed by atoms with E-state index in [4.69, 9.17) is 9.84 Å². The lowest BCUT2D eigenvalue weighted by Gasteiger charge is -2.23. The molecule has 6 nitrogen and oxygen atoms in total. The number of nitrogens with one attached hydrogen (secondary N) is 1. The molecule has 0 bridgehead atoms. The van der Waals surface area contributed by atoms with Gasteiger partial charge in [0.2, 0.25) is 9.84 Å². The Kier molecular flexibility index (Phi) is 3.65. The fourth-order valence-corrected chi connectivity index (χ4v) is 3.11. The summed E-state index contributed by atoms with van der Waals surface area (Å²) in [7, 11) is -3.58. The Hall–Kier alpha value is -1.44. The maximum Gasteiger partial charge on any atom is 0.335 e. The number of carboxylic acids is 1. The van der Waals surface area contributed by atoms with Crippen LogP contribution in [0.15, 0.2) is 29.2 Å². The zero-order valence-corrected chi connectivity index (χ0v) is 10.3. The maximum absolute atomic E-state index is 12.2. The Balaban J connectivity index is 2.26. The molecule has 18 heavy (non-hydrogen) atoms. The van der Waals surface area contributed by atoms with Crippen LogP contribution in [0.25, 0.3) is 0 Å². The van der Waals surface area contributed by atoms with E-state index in [1.165, 1.54) is 24.3 Å². The maximum atomic E-state index is 12.2. The molecule has 2 N–H and O–H groups in total. The quantitative estimate of drug-likeness (QED) is 0.810. The summed E-state index contributed by atoms with van der Waals surface area (Å²) in [6.45, 7) is 1.21. The number of hydrogen-bond acceptors (Lipinski definition) is 5. The van der Waals surface area contributed by atoms with E-state index in [0.717, 1.165) is 0 Å². The minimum atomic E-state index is -3.58. The topological polar surface area (TPSA) is 92.7 Å². The molecule has 1 atom stereocenters. The highest BCUT2D eigenvalue weighted by Gasteiger charge is 2.29. The Morgan fingerprint density at radius 1 is 1.33 bits per heavy atom. The van der Waals surface area contributed by atoms with E-state index in [2.05, 4.69) is 5.32 Å². The molecule has 0 radical (unpaired) electrons. The van der Waals surface area contributed by atoms with Gasteiger partial charge in [0.05, 0.1) is 17.1 Å². The minimum absolute atomic E-state index is 0.0524. The first kappa shape index (κ1) is 13.0. The smallest absolute Gasteiger partial charge is 0.335 e. The van der Waals surface area contributed by atoms with Crippen molar-refractivity contribution in [1.82, 2.24) is 5.32 Å². The van der Waals surface area contributed by atoms with Gasteiger partial charge in [-0.1, -0.05) is 0 Å². The fourth-order valence-electron chi connectivity index (χ4n) is 1.68. The first-order valence-electron chi connectivity index (χ1n) is 5.41. The van der Waals surface area contributed by atoms with Crippen LogP contribution in [-0.4, -0.2) is 44.6 Å². The van der Waals surface area contributed by atoms with E-state index in [9.17, 15) is 13.2 Å². The molecule has 7 heteroatoms. The van der Waals surface area contributed by atoms with Gasteiger partial charge in [-0.05, 0) is 24.3 Å². The predicted octanol–water partition coefficient (Wildman–Crippen LogP) is 0.104. The number of rotatable bonds is 3. The van der Waals surface area contributed by atoms with Crippen LogP contribution in [0.4, 0.5) is 0 Å². The van der Waals surface area contributed by atoms with Crippen molar-refractivity contribution >= 4 is 15.8 Å². The molecule has 1 aliphatic heterocycles. The summed E-state index contributed by atoms with van der Waals surface area (Å²) in [5.41, 5.74) is -0.862. The zero-order valence-electron chi connectivity index (χ0n) is 9.50. The van der Waals surface area contributed by atoms with E-state index in [1.54, 1.807) is 0 Å². The van der Waals surface area contributed by atoms with Crippen LogP contribution in [0, 0.1) is 0 Å². The molecule has 0 aliphatic carbocycles. The largest absolute Gasteiger partial charge is 0.478 e. The van der Waals surface area contributed by atoms with Crippen molar-refractivity contribution in [2.75, 3.05) is 19.7 Å². The minimum Gasteiger partial charge on any atom is -0.478 e. The van der Waals surface area contributed by atoms with Gasteiger partial charge in [0, 0.05) is 13.1 Å². The van der Waals surface area contributed by atoms with Gasteiger partial charge in [0.15, 0.2) is 5.44 Å². The molecule has 0 amide bonds. The first-order chi connectivity index (χ1) is 8.51. The van der Waals surface area contributed by atoms with Crippen LogP contribution in [0.3, 0.4) is 0 Å². The van der Waals surface area contributed by atoms with Crippen molar-refractivity contribution in [3.8, 4) is 0 Å². The summed E-state index contributed by atoms with van der Waals surface area (Å²) in [6.07, 6.45) is 0. The highest BCUT2D eigenvalue weighted by molar-refractivity contribution is 7.92. The average molecular weight is 271 g/mol. The van der Waals surface area contributed by atoms with Crippen molar-refractivity contribution in [1.29, 1.82) is 0 Å². The lowest BCUT2D eigenvalue weighted by Crippen LogP contribution is -2.43. The van der Waals surface area contributed by atoms with E-state index in [1.807, 2.05) is 0 Å². The van der Waals surface area contributed by atoms with Crippen molar-refractivity contribution < 1.29 is 23.1 Å². The number of hydrogen-bond donors (Lipinski definition) is 2. The predicted molar refractivity (Wildman–Crippen MR) is 63.2 cm³/mol. The lowest BCUT2D eigenvalue weighted by atomic mass is 10.2. The van der Waals surface area contributed by atoms with Gasteiger partial charge < -0.3 is 15.2 Å². The molecule has 1 saturated heterocycles. The molecule has 0 aromatic heterocycles. The summed E-state index contributed by atoms with van der Waals surface area (Å²) in [6, 6.07) is 5.12. The molecular weight excluding hydrogens is 258 g/mol. The summed E-state index contributed by atoms with van der Waals surface area (Å²) >= 11 is 0. The zero-order chi connectivity index (χ0) is 13.2. The van der Waals surface area contributed by atoms with Crippen LogP contribution in [0.1, 0.15) is 10.4 Å². The van der Waals surface area contributed by atoms with Crippen LogP contribution >= 0.6 is 0 Å². The molecule has 2 rings (SSSR count). The normalized spacial score (nSPS) is 20.6. The summed E-state index contributed by atoms with van der Waals surface area (Å²) < 4.78 is 29.5. The Labute approximate surface area is 104 Å².